The van der Waals surface area contributed by atoms with Gasteiger partial charge in [-0.1, -0.05) is 6.07 Å². The first kappa shape index (κ1) is 17.5. The second-order valence-electron chi connectivity index (χ2n) is 6.28. The maximum absolute atomic E-state index is 12.0. The van der Waals surface area contributed by atoms with Gasteiger partial charge in [0.1, 0.15) is 5.75 Å². The molecular formula is C19H23N3O2S. The normalized spacial score (nSPS) is 11.2. The number of nitrogens with one attached hydrogen (secondary N) is 1. The molecule has 0 aliphatic rings. The Kier molecular flexibility index (Phi) is 5.38. The Bertz CT molecular complexity index is 867. The molecule has 0 spiro atoms. The molecule has 0 aliphatic heterocycles. The Labute approximate surface area is 151 Å². The lowest BCUT2D eigenvalue weighted by Crippen LogP contribution is -2.30. The molecule has 1 amide bonds. The van der Waals surface area contributed by atoms with Crippen LogP contribution in [-0.4, -0.2) is 28.6 Å². The van der Waals surface area contributed by atoms with Crippen LogP contribution in [0.25, 0.3) is 10.9 Å². The van der Waals surface area contributed by atoms with Gasteiger partial charge in [-0.25, -0.2) is 4.98 Å². The number of fused-ring (bicyclic) bond motifs is 1. The van der Waals surface area contributed by atoms with Crippen LogP contribution in [0.4, 0.5) is 0 Å². The van der Waals surface area contributed by atoms with E-state index in [-0.39, 0.29) is 12.5 Å². The molecular weight excluding hydrogens is 334 g/mol. The SMILES string of the molecule is Cc1csc(CCNC(=O)COc2cccc3c2ccn3C(C)C)n1. The zero-order chi connectivity index (χ0) is 17.8. The van der Waals surface area contributed by atoms with Crippen molar-refractivity contribution >= 4 is 28.1 Å². The van der Waals surface area contributed by atoms with Crippen LogP contribution < -0.4 is 10.1 Å². The van der Waals surface area contributed by atoms with Gasteiger partial charge in [0, 0.05) is 41.7 Å². The minimum atomic E-state index is -0.117. The van der Waals surface area contributed by atoms with Crippen LogP contribution in [0.5, 0.6) is 5.75 Å². The van der Waals surface area contributed by atoms with E-state index < -0.39 is 0 Å². The summed E-state index contributed by atoms with van der Waals surface area (Å²) < 4.78 is 7.94. The lowest BCUT2D eigenvalue weighted by atomic mass is 10.2. The molecule has 0 unspecified atom stereocenters. The Morgan fingerprint density at radius 3 is 2.92 bits per heavy atom. The van der Waals surface area contributed by atoms with Gasteiger partial charge < -0.3 is 14.6 Å². The monoisotopic (exact) mass is 357 g/mol. The van der Waals surface area contributed by atoms with Gasteiger partial charge in [-0.15, -0.1) is 11.3 Å². The number of carbonyl (C=O) groups excluding carboxylic acids is 1. The Morgan fingerprint density at radius 2 is 2.20 bits per heavy atom. The van der Waals surface area contributed by atoms with E-state index in [9.17, 15) is 4.79 Å². The van der Waals surface area contributed by atoms with Gasteiger partial charge in [-0.2, -0.15) is 0 Å². The van der Waals surface area contributed by atoms with Crippen molar-refractivity contribution in [2.24, 2.45) is 0 Å². The largest absolute Gasteiger partial charge is 0.483 e. The summed E-state index contributed by atoms with van der Waals surface area (Å²) in [6.07, 6.45) is 2.80. The van der Waals surface area contributed by atoms with Crippen LogP contribution in [-0.2, 0) is 11.2 Å². The average molecular weight is 357 g/mol. The molecule has 5 nitrogen and oxygen atoms in total. The van der Waals surface area contributed by atoms with Crippen molar-refractivity contribution in [2.45, 2.75) is 33.2 Å². The number of hydrogen-bond donors (Lipinski definition) is 1. The zero-order valence-corrected chi connectivity index (χ0v) is 15.6. The van der Waals surface area contributed by atoms with Crippen molar-refractivity contribution < 1.29 is 9.53 Å². The standard InChI is InChI=1S/C19H23N3O2S/c1-13(2)22-10-8-15-16(22)5-4-6-17(15)24-11-18(23)20-9-7-19-21-14(3)12-25-19/h4-6,8,10,12-13H,7,9,11H2,1-3H3,(H,20,23). The molecule has 3 aromatic rings. The number of aromatic nitrogens is 2. The summed E-state index contributed by atoms with van der Waals surface area (Å²) in [6.45, 7) is 6.85. The molecule has 2 aromatic heterocycles. The van der Waals surface area contributed by atoms with Crippen molar-refractivity contribution in [1.29, 1.82) is 0 Å². The van der Waals surface area contributed by atoms with Crippen molar-refractivity contribution in [1.82, 2.24) is 14.9 Å². The minimum absolute atomic E-state index is 0.0167. The van der Waals surface area contributed by atoms with E-state index in [0.29, 0.717) is 12.6 Å². The highest BCUT2D eigenvalue weighted by atomic mass is 32.1. The van der Waals surface area contributed by atoms with Crippen molar-refractivity contribution in [3.05, 3.63) is 46.5 Å². The third-order valence-corrected chi connectivity index (χ3v) is 4.99. The smallest absolute Gasteiger partial charge is 0.257 e. The summed E-state index contributed by atoms with van der Waals surface area (Å²) in [4.78, 5) is 16.4. The molecule has 0 saturated heterocycles. The molecule has 2 heterocycles. The van der Waals surface area contributed by atoms with E-state index in [0.717, 1.165) is 33.8 Å². The Morgan fingerprint density at radius 1 is 1.36 bits per heavy atom. The summed E-state index contributed by atoms with van der Waals surface area (Å²) in [5.74, 6) is 0.621. The molecule has 25 heavy (non-hydrogen) atoms. The first-order valence-corrected chi connectivity index (χ1v) is 9.32. The molecule has 6 heteroatoms. The van der Waals surface area contributed by atoms with Gasteiger partial charge in [0.05, 0.1) is 10.5 Å². The molecule has 132 valence electrons. The number of benzene rings is 1. The van der Waals surface area contributed by atoms with Gasteiger partial charge >= 0.3 is 0 Å². The molecule has 0 radical (unpaired) electrons. The summed E-state index contributed by atoms with van der Waals surface area (Å²) in [5.41, 5.74) is 2.14. The maximum atomic E-state index is 12.0. The molecule has 0 fully saturated rings. The highest BCUT2D eigenvalue weighted by Gasteiger charge is 2.10. The third-order valence-electron chi connectivity index (χ3n) is 3.97. The highest BCUT2D eigenvalue weighted by molar-refractivity contribution is 7.09. The lowest BCUT2D eigenvalue weighted by Gasteiger charge is -2.11. The molecule has 3 rings (SSSR count). The molecule has 0 saturated carbocycles. The summed E-state index contributed by atoms with van der Waals surface area (Å²) in [6, 6.07) is 8.34. The van der Waals surface area contributed by atoms with E-state index in [1.807, 2.05) is 30.5 Å². The van der Waals surface area contributed by atoms with Crippen LogP contribution in [0.3, 0.4) is 0 Å². The van der Waals surface area contributed by atoms with Gasteiger partial charge in [-0.3, -0.25) is 4.79 Å². The van der Waals surface area contributed by atoms with E-state index in [4.69, 9.17) is 4.74 Å². The molecule has 1 aromatic carbocycles. The predicted molar refractivity (Wildman–Crippen MR) is 101 cm³/mol. The fourth-order valence-corrected chi connectivity index (χ4v) is 3.53. The van der Waals surface area contributed by atoms with E-state index in [2.05, 4.69) is 41.0 Å². The zero-order valence-electron chi connectivity index (χ0n) is 14.8. The maximum Gasteiger partial charge on any atom is 0.257 e. The quantitative estimate of drug-likeness (QED) is 0.701. The molecule has 1 N–H and O–H groups in total. The minimum Gasteiger partial charge on any atom is -0.483 e. The van der Waals surface area contributed by atoms with Gasteiger partial charge in [0.15, 0.2) is 6.61 Å². The van der Waals surface area contributed by atoms with Crippen LogP contribution in [0.2, 0.25) is 0 Å². The molecule has 0 aliphatic carbocycles. The molecule has 0 bridgehead atoms. The summed E-state index contributed by atoms with van der Waals surface area (Å²) in [7, 11) is 0. The number of aryl methyl sites for hydroxylation is 1. The van der Waals surface area contributed by atoms with Gasteiger partial charge in [-0.05, 0) is 39.0 Å². The van der Waals surface area contributed by atoms with E-state index >= 15 is 0 Å². The van der Waals surface area contributed by atoms with Crippen LogP contribution >= 0.6 is 11.3 Å². The number of hydrogen-bond acceptors (Lipinski definition) is 4. The van der Waals surface area contributed by atoms with Crippen molar-refractivity contribution in [3.63, 3.8) is 0 Å². The number of amides is 1. The Balaban J connectivity index is 1.54. The van der Waals surface area contributed by atoms with Crippen molar-refractivity contribution in [2.75, 3.05) is 13.2 Å². The number of nitrogens with zero attached hydrogens (tertiary/aromatic N) is 2. The fourth-order valence-electron chi connectivity index (χ4n) is 2.76. The van der Waals surface area contributed by atoms with E-state index in [1.54, 1.807) is 11.3 Å². The number of ether oxygens (including phenoxy) is 1. The topological polar surface area (TPSA) is 56.1 Å². The number of carbonyl (C=O) groups is 1. The lowest BCUT2D eigenvalue weighted by molar-refractivity contribution is -0.123. The average Bonchev–Trinajstić information content (AvgIpc) is 3.19. The third kappa shape index (κ3) is 4.20. The fraction of sp³-hybridized carbons (Fsp3) is 0.368. The van der Waals surface area contributed by atoms with Gasteiger partial charge in [0.2, 0.25) is 0 Å². The van der Waals surface area contributed by atoms with Crippen LogP contribution in [0, 0.1) is 6.92 Å². The second-order valence-corrected chi connectivity index (χ2v) is 7.22. The van der Waals surface area contributed by atoms with Crippen molar-refractivity contribution in [3.8, 4) is 5.75 Å². The second kappa shape index (κ2) is 7.70. The number of thiazole rings is 1. The van der Waals surface area contributed by atoms with Crippen LogP contribution in [0.1, 0.15) is 30.6 Å². The predicted octanol–water partition coefficient (Wildman–Crippen LogP) is 3.72. The first-order chi connectivity index (χ1) is 12.0. The number of rotatable bonds is 7. The molecule has 0 atom stereocenters. The Hall–Kier alpha value is -2.34. The summed E-state index contributed by atoms with van der Waals surface area (Å²) >= 11 is 1.62. The van der Waals surface area contributed by atoms with E-state index in [1.165, 1.54) is 0 Å². The van der Waals surface area contributed by atoms with Crippen LogP contribution in [0.15, 0.2) is 35.8 Å². The summed E-state index contributed by atoms with van der Waals surface area (Å²) in [5, 5.41) is 6.97. The first-order valence-electron chi connectivity index (χ1n) is 8.44. The highest BCUT2D eigenvalue weighted by Crippen LogP contribution is 2.28. The van der Waals surface area contributed by atoms with Gasteiger partial charge in [0.25, 0.3) is 5.91 Å².